The highest BCUT2D eigenvalue weighted by Crippen LogP contribution is 2.51. The van der Waals surface area contributed by atoms with Crippen LogP contribution in [0.2, 0.25) is 0 Å². The Morgan fingerprint density at radius 3 is 1.89 bits per heavy atom. The SMILES string of the molecule is COC(=O)C(NC(=O)C(F)(F)F)P(=O)(OC)OC. The molecule has 0 aromatic carbocycles. The van der Waals surface area contributed by atoms with Gasteiger partial charge in [-0.2, -0.15) is 13.2 Å². The van der Waals surface area contributed by atoms with Gasteiger partial charge in [-0.15, -0.1) is 0 Å². The molecule has 0 aliphatic carbocycles. The van der Waals surface area contributed by atoms with E-state index in [2.05, 4.69) is 13.8 Å². The first-order valence-corrected chi connectivity index (χ1v) is 5.90. The molecule has 0 saturated heterocycles. The fourth-order valence-electron chi connectivity index (χ4n) is 0.870. The van der Waals surface area contributed by atoms with Gasteiger partial charge in [-0.3, -0.25) is 9.36 Å². The molecule has 0 aliphatic rings. The Kier molecular flexibility index (Phi) is 5.78. The second kappa shape index (κ2) is 6.17. The number of amides is 1. The highest BCUT2D eigenvalue weighted by molar-refractivity contribution is 7.55. The summed E-state index contributed by atoms with van der Waals surface area (Å²) in [6, 6.07) is 0. The predicted octanol–water partition coefficient (Wildman–Crippen LogP) is 0.650. The number of hydrogen-bond acceptors (Lipinski definition) is 6. The first-order chi connectivity index (χ1) is 8.12. The molecule has 0 aromatic rings. The van der Waals surface area contributed by atoms with Crippen molar-refractivity contribution in [2.45, 2.75) is 12.0 Å². The van der Waals surface area contributed by atoms with Crippen LogP contribution < -0.4 is 5.32 Å². The van der Waals surface area contributed by atoms with Crippen LogP contribution in [0.4, 0.5) is 13.2 Å². The average Bonchev–Trinajstić information content (AvgIpc) is 2.32. The Morgan fingerprint density at radius 2 is 1.61 bits per heavy atom. The molecule has 18 heavy (non-hydrogen) atoms. The van der Waals surface area contributed by atoms with E-state index >= 15 is 0 Å². The summed E-state index contributed by atoms with van der Waals surface area (Å²) in [6.45, 7) is 0. The lowest BCUT2D eigenvalue weighted by Crippen LogP contribution is -2.47. The van der Waals surface area contributed by atoms with Crippen molar-refractivity contribution in [1.82, 2.24) is 5.32 Å². The van der Waals surface area contributed by atoms with Gasteiger partial charge in [-0.1, -0.05) is 0 Å². The third kappa shape index (κ3) is 3.97. The van der Waals surface area contributed by atoms with E-state index in [1.165, 1.54) is 5.32 Å². The van der Waals surface area contributed by atoms with Crippen LogP contribution in [0.25, 0.3) is 0 Å². The highest BCUT2D eigenvalue weighted by atomic mass is 31.2. The molecule has 106 valence electrons. The van der Waals surface area contributed by atoms with Crippen LogP contribution in [0, 0.1) is 0 Å². The number of alkyl halides is 3. The van der Waals surface area contributed by atoms with Crippen LogP contribution in [-0.2, 0) is 27.9 Å². The molecular formula is C7H11F3NO6P. The van der Waals surface area contributed by atoms with Gasteiger partial charge in [0.2, 0.25) is 5.78 Å². The first kappa shape index (κ1) is 16.9. The fourth-order valence-corrected chi connectivity index (χ4v) is 2.08. The number of halogens is 3. The summed E-state index contributed by atoms with van der Waals surface area (Å²) in [7, 11) is -1.76. The smallest absolute Gasteiger partial charge is 0.467 e. The monoisotopic (exact) mass is 293 g/mol. The van der Waals surface area contributed by atoms with E-state index in [4.69, 9.17) is 0 Å². The lowest BCUT2D eigenvalue weighted by atomic mass is 10.5. The van der Waals surface area contributed by atoms with Gasteiger partial charge in [0.1, 0.15) is 0 Å². The van der Waals surface area contributed by atoms with Gasteiger partial charge < -0.3 is 19.1 Å². The van der Waals surface area contributed by atoms with E-state index in [1.807, 2.05) is 0 Å². The predicted molar refractivity (Wildman–Crippen MR) is 51.6 cm³/mol. The molecule has 0 spiro atoms. The Morgan fingerprint density at radius 1 is 1.17 bits per heavy atom. The van der Waals surface area contributed by atoms with Gasteiger partial charge in [0.25, 0.3) is 0 Å². The molecule has 0 aromatic heterocycles. The number of carbonyl (C=O) groups excluding carboxylic acids is 2. The first-order valence-electron chi connectivity index (χ1n) is 4.29. The summed E-state index contributed by atoms with van der Waals surface area (Å²) in [5.41, 5.74) is 0. The van der Waals surface area contributed by atoms with Gasteiger partial charge >= 0.3 is 25.6 Å². The number of methoxy groups -OCH3 is 1. The topological polar surface area (TPSA) is 90.9 Å². The molecule has 1 unspecified atom stereocenters. The third-order valence-electron chi connectivity index (χ3n) is 1.77. The van der Waals surface area contributed by atoms with Crippen molar-refractivity contribution in [3.63, 3.8) is 0 Å². The van der Waals surface area contributed by atoms with Crippen LogP contribution in [0.5, 0.6) is 0 Å². The van der Waals surface area contributed by atoms with E-state index in [0.717, 1.165) is 21.3 Å². The molecule has 1 N–H and O–H groups in total. The van der Waals surface area contributed by atoms with Crippen LogP contribution in [0.1, 0.15) is 0 Å². The number of ether oxygens (including phenoxy) is 1. The molecule has 0 aliphatic heterocycles. The van der Waals surface area contributed by atoms with Crippen molar-refractivity contribution in [3.8, 4) is 0 Å². The zero-order valence-corrected chi connectivity index (χ0v) is 10.5. The zero-order valence-electron chi connectivity index (χ0n) is 9.61. The van der Waals surface area contributed by atoms with Crippen LogP contribution in [0.15, 0.2) is 0 Å². The maximum Gasteiger partial charge on any atom is 0.471 e. The second-order valence-corrected chi connectivity index (χ2v) is 5.13. The average molecular weight is 293 g/mol. The summed E-state index contributed by atoms with van der Waals surface area (Å²) < 4.78 is 60.7. The van der Waals surface area contributed by atoms with Crippen molar-refractivity contribution in [1.29, 1.82) is 0 Å². The standard InChI is InChI=1S/C7H11F3NO6P/c1-15-5(12)4(18(14,16-2)17-3)11-6(13)7(8,9)10/h4H,1-3H3,(H,11,13). The van der Waals surface area contributed by atoms with Crippen molar-refractivity contribution in [3.05, 3.63) is 0 Å². The third-order valence-corrected chi connectivity index (χ3v) is 3.77. The maximum absolute atomic E-state index is 12.0. The largest absolute Gasteiger partial charge is 0.471 e. The minimum Gasteiger partial charge on any atom is -0.467 e. The van der Waals surface area contributed by atoms with Crippen molar-refractivity contribution in [2.24, 2.45) is 0 Å². The molecule has 0 bridgehead atoms. The molecule has 7 nitrogen and oxygen atoms in total. The van der Waals surface area contributed by atoms with Crippen molar-refractivity contribution >= 4 is 19.5 Å². The summed E-state index contributed by atoms with van der Waals surface area (Å²) >= 11 is 0. The quantitative estimate of drug-likeness (QED) is 0.591. The van der Waals surface area contributed by atoms with Crippen LogP contribution >= 0.6 is 7.60 Å². The minimum absolute atomic E-state index is 0.838. The summed E-state index contributed by atoms with van der Waals surface area (Å²) in [4.78, 5) is 21.9. The zero-order chi connectivity index (χ0) is 14.6. The molecule has 1 atom stereocenters. The molecule has 0 radical (unpaired) electrons. The molecule has 0 rings (SSSR count). The van der Waals surface area contributed by atoms with Crippen molar-refractivity contribution in [2.75, 3.05) is 21.3 Å². The Balaban J connectivity index is 5.22. The normalized spacial score (nSPS) is 13.9. The second-order valence-electron chi connectivity index (χ2n) is 2.80. The summed E-state index contributed by atoms with van der Waals surface area (Å²) in [6.07, 6.45) is -5.25. The summed E-state index contributed by atoms with van der Waals surface area (Å²) in [5.74, 6) is -6.06. The Bertz CT molecular complexity index is 363. The number of hydrogen-bond donors (Lipinski definition) is 1. The number of nitrogens with one attached hydrogen (secondary N) is 1. The lowest BCUT2D eigenvalue weighted by Gasteiger charge is -2.23. The van der Waals surface area contributed by atoms with E-state index in [-0.39, 0.29) is 0 Å². The highest BCUT2D eigenvalue weighted by Gasteiger charge is 2.48. The lowest BCUT2D eigenvalue weighted by molar-refractivity contribution is -0.175. The Labute approximate surface area is 100 Å². The maximum atomic E-state index is 12.0. The van der Waals surface area contributed by atoms with Gasteiger partial charge in [0.15, 0.2) is 0 Å². The summed E-state index contributed by atoms with van der Waals surface area (Å²) in [5, 5.41) is 1.20. The van der Waals surface area contributed by atoms with Crippen molar-refractivity contribution < 1.29 is 41.1 Å². The van der Waals surface area contributed by atoms with Crippen LogP contribution in [-0.4, -0.2) is 45.2 Å². The molecule has 1 amide bonds. The van der Waals surface area contributed by atoms with E-state index < -0.39 is 31.4 Å². The fraction of sp³-hybridized carbons (Fsp3) is 0.714. The molecule has 0 heterocycles. The minimum atomic E-state index is -5.25. The number of carbonyl (C=O) groups is 2. The van der Waals surface area contributed by atoms with E-state index in [0.29, 0.717) is 0 Å². The number of rotatable bonds is 5. The number of esters is 1. The molecule has 11 heteroatoms. The molecule has 0 saturated carbocycles. The molecule has 0 fully saturated rings. The van der Waals surface area contributed by atoms with E-state index in [1.54, 1.807) is 0 Å². The van der Waals surface area contributed by atoms with Gasteiger partial charge in [0.05, 0.1) is 7.11 Å². The van der Waals surface area contributed by atoms with Crippen LogP contribution in [0.3, 0.4) is 0 Å². The Hall–Kier alpha value is -1.12. The van der Waals surface area contributed by atoms with Gasteiger partial charge in [0, 0.05) is 14.2 Å². The van der Waals surface area contributed by atoms with E-state index in [9.17, 15) is 27.3 Å². The van der Waals surface area contributed by atoms with Gasteiger partial charge in [-0.05, 0) is 0 Å². The van der Waals surface area contributed by atoms with Gasteiger partial charge in [-0.25, -0.2) is 4.79 Å². The molecular weight excluding hydrogens is 282 g/mol.